The van der Waals surface area contributed by atoms with Gasteiger partial charge in [0.25, 0.3) is 5.56 Å². The highest BCUT2D eigenvalue weighted by molar-refractivity contribution is 5.88. The van der Waals surface area contributed by atoms with E-state index in [1.54, 1.807) is 0 Å². The molecule has 2 saturated carbocycles. The number of fused-ring (bicyclic) bond motifs is 1. The number of ether oxygens (including phenoxy) is 1. The SMILES string of the molecule is COc1ccnc2c(=O)n([C@@H](C)C(=O)NC(C)=C(c3cccc(C4CC4)c3)c3cccc(C4CC4)c3)c(=O)oc12. The van der Waals surface area contributed by atoms with E-state index in [2.05, 4.69) is 58.8 Å². The van der Waals surface area contributed by atoms with Crippen LogP contribution in [-0.2, 0) is 4.79 Å². The highest BCUT2D eigenvalue weighted by Crippen LogP contribution is 2.43. The topological polar surface area (TPSA) is 103 Å². The van der Waals surface area contributed by atoms with Crippen LogP contribution in [0, 0.1) is 0 Å². The summed E-state index contributed by atoms with van der Waals surface area (Å²) in [6.07, 6.45) is 6.16. The molecule has 0 radical (unpaired) electrons. The van der Waals surface area contributed by atoms with E-state index < -0.39 is 23.3 Å². The van der Waals surface area contributed by atoms with Crippen molar-refractivity contribution in [1.82, 2.24) is 14.9 Å². The number of benzene rings is 2. The van der Waals surface area contributed by atoms with Crippen LogP contribution in [0.25, 0.3) is 16.7 Å². The van der Waals surface area contributed by atoms with Crippen LogP contribution in [0.15, 0.2) is 80.5 Å². The Morgan fingerprint density at radius 3 is 2.15 bits per heavy atom. The molecule has 40 heavy (non-hydrogen) atoms. The minimum atomic E-state index is -1.15. The van der Waals surface area contributed by atoms with Gasteiger partial charge in [-0.25, -0.2) is 14.3 Å². The summed E-state index contributed by atoms with van der Waals surface area (Å²) in [4.78, 5) is 43.7. The Bertz CT molecular complexity index is 1720. The Labute approximate surface area is 231 Å². The van der Waals surface area contributed by atoms with Gasteiger partial charge in [-0.05, 0) is 73.6 Å². The molecule has 2 fully saturated rings. The summed E-state index contributed by atoms with van der Waals surface area (Å²) in [5, 5.41) is 2.98. The van der Waals surface area contributed by atoms with Gasteiger partial charge in [-0.1, -0.05) is 48.5 Å². The van der Waals surface area contributed by atoms with Crippen LogP contribution in [-0.4, -0.2) is 22.6 Å². The van der Waals surface area contributed by atoms with Crippen LogP contribution in [0.2, 0.25) is 0 Å². The van der Waals surface area contributed by atoms with Crippen LogP contribution < -0.4 is 21.4 Å². The van der Waals surface area contributed by atoms with E-state index >= 15 is 0 Å². The number of hydrogen-bond donors (Lipinski definition) is 1. The molecule has 2 aliphatic carbocycles. The van der Waals surface area contributed by atoms with Gasteiger partial charge in [0, 0.05) is 23.5 Å². The number of carbonyl (C=O) groups excluding carboxylic acids is 1. The molecular formula is C32H31N3O5. The molecule has 8 nitrogen and oxygen atoms in total. The van der Waals surface area contributed by atoms with Crippen molar-refractivity contribution in [1.29, 1.82) is 0 Å². The maximum absolute atomic E-state index is 13.5. The van der Waals surface area contributed by atoms with E-state index in [0.717, 1.165) is 21.3 Å². The predicted molar refractivity (Wildman–Crippen MR) is 152 cm³/mol. The average Bonchev–Trinajstić information content (AvgIpc) is 3.87. The first-order valence-electron chi connectivity index (χ1n) is 13.7. The molecule has 0 bridgehead atoms. The molecule has 0 aliphatic heterocycles. The zero-order valence-corrected chi connectivity index (χ0v) is 22.8. The zero-order valence-electron chi connectivity index (χ0n) is 22.8. The van der Waals surface area contributed by atoms with E-state index in [-0.39, 0.29) is 16.8 Å². The van der Waals surface area contributed by atoms with E-state index in [0.29, 0.717) is 17.5 Å². The number of amides is 1. The molecule has 6 rings (SSSR count). The number of carbonyl (C=O) groups is 1. The molecular weight excluding hydrogens is 506 g/mol. The number of nitrogens with zero attached hydrogens (tertiary/aromatic N) is 2. The molecule has 2 aromatic carbocycles. The van der Waals surface area contributed by atoms with Crippen LogP contribution in [0.4, 0.5) is 0 Å². The van der Waals surface area contributed by atoms with Crippen molar-refractivity contribution in [2.24, 2.45) is 0 Å². The molecule has 0 saturated heterocycles. The molecule has 8 heteroatoms. The van der Waals surface area contributed by atoms with Gasteiger partial charge in [0.2, 0.25) is 11.5 Å². The summed E-state index contributed by atoms with van der Waals surface area (Å²) < 4.78 is 11.4. The highest BCUT2D eigenvalue weighted by Gasteiger charge is 2.27. The summed E-state index contributed by atoms with van der Waals surface area (Å²) in [5.41, 5.74) is 5.32. The lowest BCUT2D eigenvalue weighted by Crippen LogP contribution is -2.42. The first-order valence-corrected chi connectivity index (χ1v) is 13.7. The van der Waals surface area contributed by atoms with Crippen molar-refractivity contribution in [2.75, 3.05) is 7.11 Å². The summed E-state index contributed by atoms with van der Waals surface area (Å²) in [5.74, 6) is -0.0834. The standard InChI is InChI=1S/C32H31N3O5/c1-18(34-30(36)19(2)35-31(37)28-29(40-32(35)38)26(39-3)14-15-33-28)27(24-8-4-6-22(16-24)20-10-11-20)25-9-5-7-23(17-25)21-12-13-21/h4-9,14-17,19-21H,10-13H2,1-3H3,(H,34,36)/t19-/m0/s1. The van der Waals surface area contributed by atoms with Gasteiger partial charge in [-0.3, -0.25) is 9.59 Å². The fraction of sp³-hybridized carbons (Fsp3) is 0.312. The maximum atomic E-state index is 13.5. The number of nitrogens with one attached hydrogen (secondary N) is 1. The van der Waals surface area contributed by atoms with Gasteiger partial charge in [0.05, 0.1) is 7.11 Å². The quantitative estimate of drug-likeness (QED) is 0.328. The average molecular weight is 538 g/mol. The van der Waals surface area contributed by atoms with Crippen molar-refractivity contribution in [3.8, 4) is 5.75 Å². The number of rotatable bonds is 8. The fourth-order valence-corrected chi connectivity index (χ4v) is 5.31. The number of methoxy groups -OCH3 is 1. The van der Waals surface area contributed by atoms with Crippen molar-refractivity contribution in [3.63, 3.8) is 0 Å². The van der Waals surface area contributed by atoms with E-state index in [9.17, 15) is 14.4 Å². The second-order valence-corrected chi connectivity index (χ2v) is 10.7. The Morgan fingerprint density at radius 1 is 1.00 bits per heavy atom. The van der Waals surface area contributed by atoms with Crippen LogP contribution in [0.3, 0.4) is 0 Å². The number of allylic oxidation sites excluding steroid dienone is 1. The van der Waals surface area contributed by atoms with Gasteiger partial charge in [0.15, 0.2) is 11.3 Å². The smallest absolute Gasteiger partial charge is 0.423 e. The highest BCUT2D eigenvalue weighted by atomic mass is 16.5. The lowest BCUT2D eigenvalue weighted by molar-refractivity contribution is -0.123. The Balaban J connectivity index is 1.39. The Kier molecular flexibility index (Phi) is 6.62. The second kappa shape index (κ2) is 10.3. The fourth-order valence-electron chi connectivity index (χ4n) is 5.31. The number of hydrogen-bond acceptors (Lipinski definition) is 6. The molecule has 2 aromatic heterocycles. The van der Waals surface area contributed by atoms with Crippen LogP contribution >= 0.6 is 0 Å². The first-order chi connectivity index (χ1) is 19.4. The van der Waals surface area contributed by atoms with Gasteiger partial charge >= 0.3 is 5.76 Å². The van der Waals surface area contributed by atoms with Gasteiger partial charge in [-0.2, -0.15) is 0 Å². The maximum Gasteiger partial charge on any atom is 0.423 e. The van der Waals surface area contributed by atoms with Gasteiger partial charge < -0.3 is 14.5 Å². The van der Waals surface area contributed by atoms with Gasteiger partial charge in [-0.15, -0.1) is 0 Å². The second-order valence-electron chi connectivity index (χ2n) is 10.7. The molecule has 1 atom stereocenters. The minimum absolute atomic E-state index is 0.0479. The summed E-state index contributed by atoms with van der Waals surface area (Å²) in [7, 11) is 1.41. The van der Waals surface area contributed by atoms with E-state index in [1.807, 2.05) is 6.92 Å². The lowest BCUT2D eigenvalue weighted by atomic mass is 9.92. The third-order valence-electron chi connectivity index (χ3n) is 7.80. The summed E-state index contributed by atoms with van der Waals surface area (Å²) in [6.45, 7) is 3.35. The first kappa shape index (κ1) is 25.8. The molecule has 204 valence electrons. The Hall–Kier alpha value is -4.46. The summed E-state index contributed by atoms with van der Waals surface area (Å²) in [6, 6.07) is 17.3. The van der Waals surface area contributed by atoms with Crippen LogP contribution in [0.5, 0.6) is 5.75 Å². The molecule has 0 spiro atoms. The molecule has 4 aromatic rings. The number of pyridine rings is 1. The largest absolute Gasteiger partial charge is 0.493 e. The predicted octanol–water partition coefficient (Wildman–Crippen LogP) is 5.27. The molecule has 0 unspecified atom stereocenters. The molecule has 1 N–H and O–H groups in total. The van der Waals surface area contributed by atoms with Gasteiger partial charge in [0.1, 0.15) is 6.04 Å². The van der Waals surface area contributed by atoms with Crippen molar-refractivity contribution < 1.29 is 13.9 Å². The van der Waals surface area contributed by atoms with E-state index in [4.69, 9.17) is 9.15 Å². The minimum Gasteiger partial charge on any atom is -0.493 e. The normalized spacial score (nSPS) is 15.5. The molecule has 1 amide bonds. The van der Waals surface area contributed by atoms with Crippen molar-refractivity contribution in [3.05, 3.63) is 110 Å². The third-order valence-corrected chi connectivity index (χ3v) is 7.80. The third kappa shape index (κ3) is 4.85. The Morgan fingerprint density at radius 2 is 1.60 bits per heavy atom. The molecule has 2 aliphatic rings. The monoisotopic (exact) mass is 537 g/mol. The molecule has 2 heterocycles. The van der Waals surface area contributed by atoms with Crippen molar-refractivity contribution in [2.45, 2.75) is 57.4 Å². The van der Waals surface area contributed by atoms with Crippen molar-refractivity contribution >= 4 is 22.6 Å². The lowest BCUT2D eigenvalue weighted by Gasteiger charge is -2.19. The van der Waals surface area contributed by atoms with E-state index in [1.165, 1.54) is 63.1 Å². The zero-order chi connectivity index (χ0) is 28.0. The number of aromatic nitrogens is 2. The summed E-state index contributed by atoms with van der Waals surface area (Å²) >= 11 is 0. The van der Waals surface area contributed by atoms with Crippen LogP contribution in [0.1, 0.15) is 79.7 Å².